The Morgan fingerprint density at radius 1 is 0.914 bits per heavy atom. The molecule has 10 heteroatoms. The molecule has 1 heterocycles. The minimum Gasteiger partial charge on any atom is -0.350 e. The van der Waals surface area contributed by atoms with Crippen LogP contribution in [0, 0.1) is 6.92 Å². The maximum Gasteiger partial charge on any atom is 0.323 e. The second-order valence-corrected chi connectivity index (χ2v) is 9.93. The first-order valence-electron chi connectivity index (χ1n) is 11.7. The molecule has 8 nitrogen and oxygen atoms in total. The summed E-state index contributed by atoms with van der Waals surface area (Å²) < 4.78 is 0. The quantitative estimate of drug-likeness (QED) is 0.569. The Hall–Kier alpha value is -2.81. The van der Waals surface area contributed by atoms with E-state index >= 15 is 0 Å². The lowest BCUT2D eigenvalue weighted by Gasteiger charge is -2.32. The van der Waals surface area contributed by atoms with Crippen LogP contribution in [-0.4, -0.2) is 59.0 Å². The maximum absolute atomic E-state index is 13.5. The standard InChI is InChI=1S/C25H29Cl2N5O3/c1-15-2-4-16(5-3-15)24(34)31-12-13-32(25(35)30-19-10-11-20(26)21(27)14-19)23(31)22(33)29-18-8-6-17(28)7-9-18/h2-5,10-11,14,17-18,23H,6-9,12-13,28H2,1H3,(H,29,33)(H,30,35). The molecular weight excluding hydrogens is 489 g/mol. The van der Waals surface area contributed by atoms with Gasteiger partial charge in [-0.1, -0.05) is 40.9 Å². The molecule has 4 rings (SSSR count). The van der Waals surface area contributed by atoms with Crippen LogP contribution in [0.1, 0.15) is 41.6 Å². The summed E-state index contributed by atoms with van der Waals surface area (Å²) in [6.45, 7) is 2.37. The molecule has 0 bridgehead atoms. The van der Waals surface area contributed by atoms with E-state index in [0.29, 0.717) is 21.3 Å². The van der Waals surface area contributed by atoms with Gasteiger partial charge in [-0.3, -0.25) is 14.5 Å². The number of nitrogens with two attached hydrogens (primary N) is 1. The van der Waals surface area contributed by atoms with E-state index < -0.39 is 12.2 Å². The van der Waals surface area contributed by atoms with Gasteiger partial charge in [0.15, 0.2) is 6.17 Å². The number of anilines is 1. The summed E-state index contributed by atoms with van der Waals surface area (Å²) in [5.74, 6) is -0.687. The van der Waals surface area contributed by atoms with Gasteiger partial charge in [-0.2, -0.15) is 0 Å². The fourth-order valence-electron chi connectivity index (χ4n) is 4.51. The third kappa shape index (κ3) is 5.89. The summed E-state index contributed by atoms with van der Waals surface area (Å²) in [4.78, 5) is 42.9. The minimum absolute atomic E-state index is 0.0424. The molecule has 1 unspecified atom stereocenters. The highest BCUT2D eigenvalue weighted by atomic mass is 35.5. The van der Waals surface area contributed by atoms with Gasteiger partial charge in [0.05, 0.1) is 10.0 Å². The number of amides is 4. The molecule has 2 aromatic carbocycles. The van der Waals surface area contributed by atoms with E-state index in [4.69, 9.17) is 28.9 Å². The molecule has 1 aliphatic heterocycles. The number of carbonyl (C=O) groups excluding carboxylic acids is 3. The first-order chi connectivity index (χ1) is 16.7. The Kier molecular flexibility index (Phi) is 7.84. The van der Waals surface area contributed by atoms with Crippen molar-refractivity contribution in [1.29, 1.82) is 0 Å². The van der Waals surface area contributed by atoms with Crippen molar-refractivity contribution in [1.82, 2.24) is 15.1 Å². The third-order valence-electron chi connectivity index (χ3n) is 6.52. The lowest BCUT2D eigenvalue weighted by molar-refractivity contribution is -0.128. The molecule has 2 aliphatic rings. The summed E-state index contributed by atoms with van der Waals surface area (Å²) in [5, 5.41) is 6.47. The van der Waals surface area contributed by atoms with E-state index in [1.807, 2.05) is 19.1 Å². The Morgan fingerprint density at radius 3 is 2.23 bits per heavy atom. The highest BCUT2D eigenvalue weighted by molar-refractivity contribution is 6.42. The molecule has 4 N–H and O–H groups in total. The number of nitrogens with zero attached hydrogens (tertiary/aromatic N) is 2. The van der Waals surface area contributed by atoms with Crippen molar-refractivity contribution >= 4 is 46.7 Å². The molecule has 1 atom stereocenters. The van der Waals surface area contributed by atoms with Crippen LogP contribution in [0.25, 0.3) is 0 Å². The average Bonchev–Trinajstić information content (AvgIpc) is 3.28. The van der Waals surface area contributed by atoms with Crippen molar-refractivity contribution in [3.63, 3.8) is 0 Å². The zero-order valence-corrected chi connectivity index (χ0v) is 21.0. The summed E-state index contributed by atoms with van der Waals surface area (Å²) in [6, 6.07) is 11.5. The molecule has 4 amide bonds. The molecular formula is C25H29Cl2N5O3. The Labute approximate surface area is 214 Å². The predicted molar refractivity (Wildman–Crippen MR) is 137 cm³/mol. The van der Waals surface area contributed by atoms with Crippen LogP contribution in [-0.2, 0) is 4.79 Å². The first kappa shape index (κ1) is 25.3. The monoisotopic (exact) mass is 517 g/mol. The van der Waals surface area contributed by atoms with E-state index in [1.165, 1.54) is 15.9 Å². The van der Waals surface area contributed by atoms with Crippen molar-refractivity contribution in [2.75, 3.05) is 18.4 Å². The third-order valence-corrected chi connectivity index (χ3v) is 7.26. The number of hydrogen-bond donors (Lipinski definition) is 3. The molecule has 186 valence electrons. The minimum atomic E-state index is -1.08. The summed E-state index contributed by atoms with van der Waals surface area (Å²) in [7, 11) is 0. The molecule has 0 radical (unpaired) electrons. The van der Waals surface area contributed by atoms with Gasteiger partial charge in [-0.15, -0.1) is 0 Å². The summed E-state index contributed by atoms with van der Waals surface area (Å²) >= 11 is 12.0. The van der Waals surface area contributed by atoms with E-state index in [1.54, 1.807) is 24.3 Å². The number of benzene rings is 2. The summed E-state index contributed by atoms with van der Waals surface area (Å²) in [5.41, 5.74) is 7.92. The highest BCUT2D eigenvalue weighted by Crippen LogP contribution is 2.26. The molecule has 0 spiro atoms. The topological polar surface area (TPSA) is 108 Å². The van der Waals surface area contributed by atoms with E-state index in [-0.39, 0.29) is 37.0 Å². The number of carbonyl (C=O) groups is 3. The number of aryl methyl sites for hydroxylation is 1. The fraction of sp³-hybridized carbons (Fsp3) is 0.400. The van der Waals surface area contributed by atoms with Gasteiger partial charge in [0.2, 0.25) is 0 Å². The molecule has 2 aromatic rings. The SMILES string of the molecule is Cc1ccc(C(=O)N2CCN(C(=O)Nc3ccc(Cl)c(Cl)c3)C2C(=O)NC2CCC(N)CC2)cc1. The van der Waals surface area contributed by atoms with Gasteiger partial charge in [-0.05, 0) is 62.9 Å². The normalized spacial score (nSPS) is 22.1. The predicted octanol–water partition coefficient (Wildman–Crippen LogP) is 4.00. The smallest absolute Gasteiger partial charge is 0.323 e. The van der Waals surface area contributed by atoms with Gasteiger partial charge >= 0.3 is 6.03 Å². The maximum atomic E-state index is 13.5. The first-order valence-corrected chi connectivity index (χ1v) is 12.4. The molecule has 0 aromatic heterocycles. The fourth-order valence-corrected chi connectivity index (χ4v) is 4.81. The second kappa shape index (κ2) is 10.8. The lowest BCUT2D eigenvalue weighted by Crippen LogP contribution is -2.56. The zero-order chi connectivity index (χ0) is 25.1. The van der Waals surface area contributed by atoms with E-state index in [2.05, 4.69) is 10.6 Å². The highest BCUT2D eigenvalue weighted by Gasteiger charge is 2.43. The molecule has 2 fully saturated rings. The van der Waals surface area contributed by atoms with Crippen molar-refractivity contribution in [3.8, 4) is 0 Å². The van der Waals surface area contributed by atoms with Crippen molar-refractivity contribution in [3.05, 3.63) is 63.6 Å². The van der Waals surface area contributed by atoms with Crippen LogP contribution in [0.3, 0.4) is 0 Å². The van der Waals surface area contributed by atoms with Gasteiger partial charge in [0.25, 0.3) is 11.8 Å². The van der Waals surface area contributed by atoms with Crippen molar-refractivity contribution in [2.45, 2.75) is 50.9 Å². The van der Waals surface area contributed by atoms with Gasteiger partial charge in [0, 0.05) is 36.4 Å². The van der Waals surface area contributed by atoms with Gasteiger partial charge in [0.1, 0.15) is 0 Å². The molecule has 1 aliphatic carbocycles. The molecule has 35 heavy (non-hydrogen) atoms. The second-order valence-electron chi connectivity index (χ2n) is 9.11. The Balaban J connectivity index is 1.55. The lowest BCUT2D eigenvalue weighted by atomic mass is 9.92. The van der Waals surface area contributed by atoms with Crippen LogP contribution >= 0.6 is 23.2 Å². The Bertz CT molecular complexity index is 1100. The van der Waals surface area contributed by atoms with Crippen LogP contribution in [0.2, 0.25) is 10.0 Å². The summed E-state index contributed by atoms with van der Waals surface area (Å²) in [6.07, 6.45) is 2.09. The zero-order valence-electron chi connectivity index (χ0n) is 19.5. The number of urea groups is 1. The van der Waals surface area contributed by atoms with Crippen LogP contribution in [0.15, 0.2) is 42.5 Å². The van der Waals surface area contributed by atoms with E-state index in [0.717, 1.165) is 31.2 Å². The molecule has 1 saturated carbocycles. The number of nitrogens with one attached hydrogen (secondary N) is 2. The van der Waals surface area contributed by atoms with Crippen LogP contribution < -0.4 is 16.4 Å². The molecule has 1 saturated heterocycles. The number of halogens is 2. The van der Waals surface area contributed by atoms with Gasteiger partial charge in [-0.25, -0.2) is 4.79 Å². The van der Waals surface area contributed by atoms with Crippen LogP contribution in [0.4, 0.5) is 10.5 Å². The van der Waals surface area contributed by atoms with Crippen molar-refractivity contribution < 1.29 is 14.4 Å². The largest absolute Gasteiger partial charge is 0.350 e. The number of hydrogen-bond acceptors (Lipinski definition) is 4. The van der Waals surface area contributed by atoms with Crippen LogP contribution in [0.5, 0.6) is 0 Å². The van der Waals surface area contributed by atoms with Gasteiger partial charge < -0.3 is 21.3 Å². The van der Waals surface area contributed by atoms with Crippen molar-refractivity contribution in [2.24, 2.45) is 5.73 Å². The van der Waals surface area contributed by atoms with E-state index in [9.17, 15) is 14.4 Å². The average molecular weight is 518 g/mol. The Morgan fingerprint density at radius 2 is 1.57 bits per heavy atom. The number of rotatable bonds is 4.